The molecule has 2 heterocycles. The van der Waals surface area contributed by atoms with E-state index in [0.29, 0.717) is 23.0 Å². The van der Waals surface area contributed by atoms with Gasteiger partial charge in [0.2, 0.25) is 5.91 Å². The van der Waals surface area contributed by atoms with E-state index in [4.69, 9.17) is 0 Å². The van der Waals surface area contributed by atoms with Gasteiger partial charge >= 0.3 is 0 Å². The van der Waals surface area contributed by atoms with Gasteiger partial charge in [-0.3, -0.25) is 9.78 Å². The van der Waals surface area contributed by atoms with Gasteiger partial charge in [0.1, 0.15) is 0 Å². The number of carboxylic acids is 1. The third kappa shape index (κ3) is 3.21. The molecular weight excluding hydrogens is 294 g/mol. The molecule has 0 fully saturated rings. The van der Waals surface area contributed by atoms with Crippen LogP contribution in [0.5, 0.6) is 0 Å². The van der Waals surface area contributed by atoms with Crippen molar-refractivity contribution in [3.8, 4) is 0 Å². The molecule has 0 radical (unpaired) electrons. The van der Waals surface area contributed by atoms with Crippen LogP contribution in [-0.2, 0) is 17.8 Å². The highest BCUT2D eigenvalue weighted by atomic mass is 16.4. The van der Waals surface area contributed by atoms with Crippen LogP contribution in [0.25, 0.3) is 10.9 Å². The lowest BCUT2D eigenvalue weighted by atomic mass is 10.1. The van der Waals surface area contributed by atoms with Crippen molar-refractivity contribution < 1.29 is 14.7 Å². The van der Waals surface area contributed by atoms with Crippen LogP contribution in [0.2, 0.25) is 0 Å². The van der Waals surface area contributed by atoms with Gasteiger partial charge in [-0.15, -0.1) is 0 Å². The fourth-order valence-corrected chi connectivity index (χ4v) is 2.48. The monoisotopic (exact) mass is 308 g/mol. The number of pyridine rings is 1. The second-order valence-corrected chi connectivity index (χ2v) is 5.13. The van der Waals surface area contributed by atoms with E-state index < -0.39 is 5.97 Å². The Morgan fingerprint density at radius 2 is 2.00 bits per heavy atom. The first-order valence-electron chi connectivity index (χ1n) is 7.11. The maximum absolute atomic E-state index is 12.1. The van der Waals surface area contributed by atoms with Gasteiger partial charge in [-0.25, -0.2) is 0 Å². The molecule has 2 aromatic heterocycles. The van der Waals surface area contributed by atoms with Crippen molar-refractivity contribution in [3.63, 3.8) is 0 Å². The first-order valence-corrected chi connectivity index (χ1v) is 7.11. The number of H-pyrrole nitrogens is 1. The number of nitrogens with zero attached hydrogens (tertiary/aromatic N) is 1. The normalized spacial score (nSPS) is 10.6. The van der Waals surface area contributed by atoms with Gasteiger partial charge < -0.3 is 20.2 Å². The quantitative estimate of drug-likeness (QED) is 0.728. The van der Waals surface area contributed by atoms with E-state index in [1.807, 2.05) is 6.07 Å². The zero-order chi connectivity index (χ0) is 16.2. The number of aromatic amines is 1. The van der Waals surface area contributed by atoms with Gasteiger partial charge in [0.05, 0.1) is 18.1 Å². The minimum atomic E-state index is -1.32. The van der Waals surface area contributed by atoms with Crippen LogP contribution >= 0.6 is 0 Å². The summed E-state index contributed by atoms with van der Waals surface area (Å²) in [6.07, 6.45) is 3.29. The minimum Gasteiger partial charge on any atom is -0.543 e. The fraction of sp³-hybridized carbons (Fsp3) is 0.118. The van der Waals surface area contributed by atoms with E-state index in [9.17, 15) is 14.7 Å². The van der Waals surface area contributed by atoms with E-state index >= 15 is 0 Å². The number of fused-ring (bicyclic) bond motifs is 1. The summed E-state index contributed by atoms with van der Waals surface area (Å²) in [4.78, 5) is 30.2. The zero-order valence-electron chi connectivity index (χ0n) is 12.2. The lowest BCUT2D eigenvalue weighted by molar-refractivity contribution is -0.255. The van der Waals surface area contributed by atoms with Crippen molar-refractivity contribution in [2.45, 2.75) is 13.0 Å². The number of carboxylic acid groups (broad SMARTS) is 1. The number of aromatic carboxylic acids is 1. The van der Waals surface area contributed by atoms with Gasteiger partial charge in [0, 0.05) is 29.8 Å². The van der Waals surface area contributed by atoms with Crippen molar-refractivity contribution in [1.82, 2.24) is 15.3 Å². The van der Waals surface area contributed by atoms with Crippen LogP contribution in [0, 0.1) is 0 Å². The van der Waals surface area contributed by atoms with E-state index in [0.717, 1.165) is 5.56 Å². The van der Waals surface area contributed by atoms with Crippen molar-refractivity contribution >= 4 is 22.8 Å². The predicted octanol–water partition coefficient (Wildman–Crippen LogP) is 0.785. The smallest absolute Gasteiger partial charge is 0.224 e. The van der Waals surface area contributed by atoms with E-state index in [1.54, 1.807) is 42.7 Å². The van der Waals surface area contributed by atoms with Gasteiger partial charge in [-0.2, -0.15) is 0 Å². The number of hydrogen-bond acceptors (Lipinski definition) is 4. The second-order valence-electron chi connectivity index (χ2n) is 5.13. The van der Waals surface area contributed by atoms with Crippen LogP contribution in [0.1, 0.15) is 21.6 Å². The summed E-state index contributed by atoms with van der Waals surface area (Å²) < 4.78 is 0. The zero-order valence-corrected chi connectivity index (χ0v) is 12.2. The Bertz CT molecular complexity index is 856. The number of carbonyl (C=O) groups is 2. The molecule has 0 saturated carbocycles. The number of hydrogen-bond donors (Lipinski definition) is 2. The second kappa shape index (κ2) is 6.31. The van der Waals surface area contributed by atoms with Crippen LogP contribution in [0.3, 0.4) is 0 Å². The van der Waals surface area contributed by atoms with Crippen LogP contribution < -0.4 is 10.4 Å². The number of amides is 1. The van der Waals surface area contributed by atoms with Crippen molar-refractivity contribution in [2.24, 2.45) is 0 Å². The molecule has 0 atom stereocenters. The molecule has 1 aromatic carbocycles. The summed E-state index contributed by atoms with van der Waals surface area (Å²) in [6.45, 7) is 0.343. The molecular formula is C17H14N3O3-. The van der Waals surface area contributed by atoms with Crippen LogP contribution in [0.15, 0.2) is 48.8 Å². The molecule has 0 aliphatic heterocycles. The molecule has 0 saturated heterocycles. The van der Waals surface area contributed by atoms with Crippen LogP contribution in [-0.4, -0.2) is 21.8 Å². The van der Waals surface area contributed by atoms with Crippen LogP contribution in [0.4, 0.5) is 0 Å². The number of benzene rings is 1. The summed E-state index contributed by atoms with van der Waals surface area (Å²) >= 11 is 0. The highest BCUT2D eigenvalue weighted by Crippen LogP contribution is 2.22. The Morgan fingerprint density at radius 1 is 1.17 bits per heavy atom. The fourth-order valence-electron chi connectivity index (χ4n) is 2.48. The molecule has 3 rings (SSSR count). The first kappa shape index (κ1) is 14.8. The van der Waals surface area contributed by atoms with Gasteiger partial charge in [-0.05, 0) is 23.3 Å². The number of para-hydroxylation sites is 1. The molecule has 3 aromatic rings. The summed E-state index contributed by atoms with van der Waals surface area (Å²) in [6, 6.07) is 10.8. The third-order valence-electron chi connectivity index (χ3n) is 3.57. The Hall–Kier alpha value is -3.15. The Kier molecular flexibility index (Phi) is 4.05. The molecule has 0 bridgehead atoms. The number of nitrogens with one attached hydrogen (secondary N) is 2. The molecule has 23 heavy (non-hydrogen) atoms. The highest BCUT2D eigenvalue weighted by molar-refractivity contribution is 5.99. The standard InChI is InChI=1S/C17H15N3O3/c21-15(19-10-11-4-3-7-18-9-11)8-13-12-5-1-2-6-14(12)20-16(13)17(22)23/h1-7,9,20H,8,10H2,(H,19,21)(H,22,23)/p-1. The predicted molar refractivity (Wildman–Crippen MR) is 82.4 cm³/mol. The van der Waals surface area contributed by atoms with E-state index in [1.165, 1.54) is 0 Å². The SMILES string of the molecule is O=C(Cc1c(C(=O)[O-])[nH]c2ccccc12)NCc1cccnc1. The van der Waals surface area contributed by atoms with Gasteiger partial charge in [-0.1, -0.05) is 24.3 Å². The number of carbonyl (C=O) groups excluding carboxylic acids is 2. The third-order valence-corrected chi connectivity index (χ3v) is 3.57. The Morgan fingerprint density at radius 3 is 2.74 bits per heavy atom. The highest BCUT2D eigenvalue weighted by Gasteiger charge is 2.15. The van der Waals surface area contributed by atoms with Gasteiger partial charge in [0.15, 0.2) is 0 Å². The number of aromatic nitrogens is 2. The Balaban J connectivity index is 1.79. The molecule has 0 unspecified atom stereocenters. The minimum absolute atomic E-state index is 0.0341. The summed E-state index contributed by atoms with van der Waals surface area (Å²) in [5.74, 6) is -1.59. The molecule has 0 aliphatic carbocycles. The van der Waals surface area contributed by atoms with Crippen molar-refractivity contribution in [3.05, 3.63) is 65.6 Å². The summed E-state index contributed by atoms with van der Waals surface area (Å²) in [7, 11) is 0. The summed E-state index contributed by atoms with van der Waals surface area (Å²) in [5, 5.41) is 14.7. The lowest BCUT2D eigenvalue weighted by Crippen LogP contribution is -2.28. The molecule has 6 nitrogen and oxygen atoms in total. The molecule has 0 aliphatic rings. The average Bonchev–Trinajstić information content (AvgIpc) is 2.93. The molecule has 6 heteroatoms. The number of rotatable bonds is 5. The molecule has 2 N–H and O–H groups in total. The molecule has 116 valence electrons. The van der Waals surface area contributed by atoms with E-state index in [2.05, 4.69) is 15.3 Å². The molecule has 0 spiro atoms. The topological polar surface area (TPSA) is 97.9 Å². The largest absolute Gasteiger partial charge is 0.543 e. The van der Waals surface area contributed by atoms with Crippen molar-refractivity contribution in [2.75, 3.05) is 0 Å². The van der Waals surface area contributed by atoms with Crippen molar-refractivity contribution in [1.29, 1.82) is 0 Å². The lowest BCUT2D eigenvalue weighted by Gasteiger charge is -2.07. The maximum Gasteiger partial charge on any atom is 0.224 e. The molecule has 1 amide bonds. The first-order chi connectivity index (χ1) is 11.1. The Labute approximate surface area is 132 Å². The van der Waals surface area contributed by atoms with E-state index in [-0.39, 0.29) is 18.0 Å². The average molecular weight is 308 g/mol. The maximum atomic E-state index is 12.1. The summed E-state index contributed by atoms with van der Waals surface area (Å²) in [5.41, 5.74) is 1.92. The van der Waals surface area contributed by atoms with Gasteiger partial charge in [0.25, 0.3) is 0 Å².